The fourth-order valence-corrected chi connectivity index (χ4v) is 1.81. The summed E-state index contributed by atoms with van der Waals surface area (Å²) in [6, 6.07) is 7.70. The average molecular weight is 276 g/mol. The van der Waals surface area contributed by atoms with Crippen molar-refractivity contribution in [2.45, 2.75) is 26.4 Å². The molecule has 1 aromatic rings. The van der Waals surface area contributed by atoms with E-state index in [0.29, 0.717) is 17.9 Å². The Labute approximate surface area is 119 Å². The van der Waals surface area contributed by atoms with Crippen molar-refractivity contribution >= 4 is 5.97 Å². The molecule has 0 amide bonds. The molecule has 20 heavy (non-hydrogen) atoms. The van der Waals surface area contributed by atoms with Gasteiger partial charge in [0.05, 0.1) is 26.3 Å². The van der Waals surface area contributed by atoms with E-state index in [1.54, 1.807) is 6.07 Å². The van der Waals surface area contributed by atoms with Crippen LogP contribution in [0, 0.1) is 11.3 Å². The third-order valence-corrected chi connectivity index (χ3v) is 3.06. The van der Waals surface area contributed by atoms with Crippen LogP contribution in [0.3, 0.4) is 0 Å². The van der Waals surface area contributed by atoms with Crippen molar-refractivity contribution in [2.24, 2.45) is 0 Å². The van der Waals surface area contributed by atoms with E-state index >= 15 is 0 Å². The summed E-state index contributed by atoms with van der Waals surface area (Å²) < 4.78 is 9.89. The molecule has 0 aliphatic carbocycles. The molecule has 0 aromatic heterocycles. The molecule has 1 aromatic carbocycles. The van der Waals surface area contributed by atoms with Crippen LogP contribution < -0.4 is 4.74 Å². The minimum atomic E-state index is -0.265. The first-order valence-electron chi connectivity index (χ1n) is 6.39. The molecule has 0 heterocycles. The molecule has 0 N–H and O–H groups in total. The lowest BCUT2D eigenvalue weighted by Crippen LogP contribution is -2.35. The van der Waals surface area contributed by atoms with Crippen LogP contribution in [-0.4, -0.2) is 37.7 Å². The van der Waals surface area contributed by atoms with Crippen molar-refractivity contribution in [3.8, 4) is 11.8 Å². The smallest absolute Gasteiger partial charge is 0.319 e. The average Bonchev–Trinajstić information content (AvgIpc) is 2.45. The van der Waals surface area contributed by atoms with Crippen LogP contribution in [-0.2, 0) is 16.1 Å². The topological polar surface area (TPSA) is 62.6 Å². The van der Waals surface area contributed by atoms with Crippen LogP contribution >= 0.6 is 0 Å². The van der Waals surface area contributed by atoms with E-state index in [9.17, 15) is 4.79 Å². The first-order chi connectivity index (χ1) is 9.51. The third-order valence-electron chi connectivity index (χ3n) is 3.06. The fraction of sp³-hybridized carbons (Fsp3) is 0.467. The second-order valence-corrected chi connectivity index (χ2v) is 4.72. The van der Waals surface area contributed by atoms with Crippen molar-refractivity contribution in [3.05, 3.63) is 29.3 Å². The Bertz CT molecular complexity index is 506. The minimum absolute atomic E-state index is 0.204. The Morgan fingerprint density at radius 1 is 1.40 bits per heavy atom. The number of nitrogens with zero attached hydrogens (tertiary/aromatic N) is 2. The number of carbonyl (C=O) groups excluding carboxylic acids is 1. The molecule has 1 rings (SSSR count). The quantitative estimate of drug-likeness (QED) is 0.743. The molecule has 108 valence electrons. The summed E-state index contributed by atoms with van der Waals surface area (Å²) >= 11 is 0. The highest BCUT2D eigenvalue weighted by molar-refractivity contribution is 5.71. The number of rotatable bonds is 6. The van der Waals surface area contributed by atoms with Crippen molar-refractivity contribution in [3.63, 3.8) is 0 Å². The van der Waals surface area contributed by atoms with Gasteiger partial charge in [0.15, 0.2) is 0 Å². The monoisotopic (exact) mass is 276 g/mol. The summed E-state index contributed by atoms with van der Waals surface area (Å²) in [5.41, 5.74) is 1.48. The molecule has 0 saturated heterocycles. The normalized spacial score (nSPS) is 10.4. The summed E-state index contributed by atoms with van der Waals surface area (Å²) in [5, 5.41) is 8.96. The van der Waals surface area contributed by atoms with Crippen molar-refractivity contribution in [1.29, 1.82) is 5.26 Å². The van der Waals surface area contributed by atoms with Gasteiger partial charge in [-0.25, -0.2) is 0 Å². The predicted molar refractivity (Wildman–Crippen MR) is 75.3 cm³/mol. The Morgan fingerprint density at radius 3 is 2.60 bits per heavy atom. The Hall–Kier alpha value is -2.06. The maximum atomic E-state index is 11.4. The van der Waals surface area contributed by atoms with Crippen LogP contribution in [0.15, 0.2) is 18.2 Å². The summed E-state index contributed by atoms with van der Waals surface area (Å²) in [6.45, 7) is 4.86. The van der Waals surface area contributed by atoms with Gasteiger partial charge < -0.3 is 9.47 Å². The van der Waals surface area contributed by atoms with Crippen LogP contribution in [0.2, 0.25) is 0 Å². The van der Waals surface area contributed by atoms with Crippen LogP contribution in [0.4, 0.5) is 0 Å². The molecule has 0 bridgehead atoms. The van der Waals surface area contributed by atoms with Crippen LogP contribution in [0.5, 0.6) is 5.75 Å². The highest BCUT2D eigenvalue weighted by Crippen LogP contribution is 2.20. The second kappa shape index (κ2) is 7.51. The highest BCUT2D eigenvalue weighted by Gasteiger charge is 2.15. The molecule has 0 spiro atoms. The molecule has 5 nitrogen and oxygen atoms in total. The maximum absolute atomic E-state index is 11.4. The van der Waals surface area contributed by atoms with Crippen molar-refractivity contribution in [2.75, 3.05) is 20.8 Å². The van der Waals surface area contributed by atoms with E-state index in [0.717, 1.165) is 5.56 Å². The highest BCUT2D eigenvalue weighted by atomic mass is 16.5. The number of ether oxygens (including phenoxy) is 2. The number of carbonyl (C=O) groups is 1. The molecule has 0 atom stereocenters. The standard InChI is InChI=1S/C15H20N2O3/c1-11(2)17(10-15(18)20-4)9-12-5-6-13(8-16)14(7-12)19-3/h5-7,11H,9-10H2,1-4H3. The van der Waals surface area contributed by atoms with Gasteiger partial charge in [-0.05, 0) is 31.5 Å². The molecular weight excluding hydrogens is 256 g/mol. The molecule has 0 fully saturated rings. The lowest BCUT2D eigenvalue weighted by atomic mass is 10.1. The van der Waals surface area contributed by atoms with Gasteiger partial charge in [0.25, 0.3) is 0 Å². The van der Waals surface area contributed by atoms with Crippen molar-refractivity contribution < 1.29 is 14.3 Å². The first-order valence-corrected chi connectivity index (χ1v) is 6.39. The number of hydrogen-bond donors (Lipinski definition) is 0. The minimum Gasteiger partial charge on any atom is -0.495 e. The molecular formula is C15H20N2O3. The van der Waals surface area contributed by atoms with E-state index in [4.69, 9.17) is 14.7 Å². The summed E-state index contributed by atoms with van der Waals surface area (Å²) in [5.74, 6) is 0.283. The molecule has 0 aliphatic heterocycles. The molecule has 5 heteroatoms. The van der Waals surface area contributed by atoms with Gasteiger partial charge in [0.1, 0.15) is 11.8 Å². The molecule has 0 unspecified atom stereocenters. The number of hydrogen-bond acceptors (Lipinski definition) is 5. The lowest BCUT2D eigenvalue weighted by molar-refractivity contribution is -0.142. The zero-order chi connectivity index (χ0) is 15.1. The van der Waals surface area contributed by atoms with E-state index < -0.39 is 0 Å². The Balaban J connectivity index is 2.89. The van der Waals surface area contributed by atoms with Gasteiger partial charge in [0.2, 0.25) is 0 Å². The van der Waals surface area contributed by atoms with E-state index in [2.05, 4.69) is 6.07 Å². The second-order valence-electron chi connectivity index (χ2n) is 4.72. The van der Waals surface area contributed by atoms with Crippen LogP contribution in [0.1, 0.15) is 25.0 Å². The first kappa shape index (κ1) is 16.0. The number of methoxy groups -OCH3 is 2. The largest absolute Gasteiger partial charge is 0.495 e. The molecule has 0 radical (unpaired) electrons. The van der Waals surface area contributed by atoms with Gasteiger partial charge in [-0.1, -0.05) is 6.07 Å². The Morgan fingerprint density at radius 2 is 2.10 bits per heavy atom. The molecule has 0 saturated carbocycles. The summed E-state index contributed by atoms with van der Waals surface area (Å²) in [7, 11) is 2.92. The van der Waals surface area contributed by atoms with E-state index in [1.165, 1.54) is 14.2 Å². The van der Waals surface area contributed by atoms with Gasteiger partial charge in [-0.15, -0.1) is 0 Å². The predicted octanol–water partition coefficient (Wildman–Crippen LogP) is 1.95. The zero-order valence-corrected chi connectivity index (χ0v) is 12.3. The summed E-state index contributed by atoms with van der Waals surface area (Å²) in [4.78, 5) is 13.4. The number of nitriles is 1. The Kier molecular flexibility index (Phi) is 6.01. The lowest BCUT2D eigenvalue weighted by Gasteiger charge is -2.25. The van der Waals surface area contributed by atoms with E-state index in [-0.39, 0.29) is 18.6 Å². The summed E-state index contributed by atoms with van der Waals surface area (Å²) in [6.07, 6.45) is 0. The van der Waals surface area contributed by atoms with Gasteiger partial charge >= 0.3 is 5.97 Å². The molecule has 0 aliphatic rings. The maximum Gasteiger partial charge on any atom is 0.319 e. The number of benzene rings is 1. The number of esters is 1. The van der Waals surface area contributed by atoms with E-state index in [1.807, 2.05) is 30.9 Å². The van der Waals surface area contributed by atoms with Gasteiger partial charge in [-0.3, -0.25) is 9.69 Å². The van der Waals surface area contributed by atoms with Crippen LogP contribution in [0.25, 0.3) is 0 Å². The third kappa shape index (κ3) is 4.25. The van der Waals surface area contributed by atoms with Gasteiger partial charge in [0, 0.05) is 12.6 Å². The zero-order valence-electron chi connectivity index (χ0n) is 12.3. The van der Waals surface area contributed by atoms with Crippen molar-refractivity contribution in [1.82, 2.24) is 4.90 Å². The fourth-order valence-electron chi connectivity index (χ4n) is 1.81. The van der Waals surface area contributed by atoms with Gasteiger partial charge in [-0.2, -0.15) is 5.26 Å². The SMILES string of the molecule is COC(=O)CN(Cc1ccc(C#N)c(OC)c1)C(C)C.